The number of fused-ring (bicyclic) bond motifs is 12. The minimum Gasteiger partial charge on any atom is -0.311 e. The molecule has 64 heavy (non-hydrogen) atoms. The normalized spacial score (nSPS) is 18.4. The van der Waals surface area contributed by atoms with Crippen molar-refractivity contribution in [3.8, 4) is 27.9 Å². The fourth-order valence-electron chi connectivity index (χ4n) is 11.9. The maximum atomic E-state index is 2.54. The summed E-state index contributed by atoms with van der Waals surface area (Å²) in [4.78, 5) is 2.50. The number of allylic oxidation sites excluding steroid dienone is 8. The molecule has 2 heteroatoms. The largest absolute Gasteiger partial charge is 0.311 e. The van der Waals surface area contributed by atoms with Gasteiger partial charge in [-0.3, -0.25) is 0 Å². The summed E-state index contributed by atoms with van der Waals surface area (Å²) in [5, 5.41) is 1.38. The lowest BCUT2D eigenvalue weighted by atomic mass is 9.68. The zero-order valence-corrected chi connectivity index (χ0v) is 36.1. The molecule has 306 valence electrons. The molecular weight excluding hydrogens is 773 g/mol. The third-order valence-electron chi connectivity index (χ3n) is 14.8. The fraction of sp³-hybridized carbons (Fsp3) is 0.129. The van der Waals surface area contributed by atoms with Crippen LogP contribution in [0.25, 0.3) is 50.5 Å². The summed E-state index contributed by atoms with van der Waals surface area (Å²) in [5.74, 6) is 0.773. The highest BCUT2D eigenvalue weighted by molar-refractivity contribution is 5.97. The molecule has 0 saturated heterocycles. The topological polar surface area (TPSA) is 8.17 Å². The first-order valence-electron chi connectivity index (χ1n) is 23.1. The third-order valence-corrected chi connectivity index (χ3v) is 14.8. The van der Waals surface area contributed by atoms with Gasteiger partial charge in [-0.05, 0) is 159 Å². The average Bonchev–Trinajstić information content (AvgIpc) is 3.96. The molecule has 0 amide bonds. The van der Waals surface area contributed by atoms with Gasteiger partial charge < -0.3 is 9.47 Å². The quantitative estimate of drug-likeness (QED) is 0.162. The summed E-state index contributed by atoms with van der Waals surface area (Å²) in [6.45, 7) is 2.36. The maximum absolute atomic E-state index is 2.54. The van der Waals surface area contributed by atoms with Crippen LogP contribution in [0.15, 0.2) is 218 Å². The number of nitrogens with zero attached hydrogens (tertiary/aromatic N) is 2. The van der Waals surface area contributed by atoms with Gasteiger partial charge in [0.05, 0.1) is 10.9 Å². The Kier molecular flexibility index (Phi) is 8.46. The summed E-state index contributed by atoms with van der Waals surface area (Å²) in [5.41, 5.74) is 23.5. The summed E-state index contributed by atoms with van der Waals surface area (Å²) in [6, 6.07) is 63.6. The predicted molar refractivity (Wildman–Crippen MR) is 267 cm³/mol. The molecule has 13 rings (SSSR count). The van der Waals surface area contributed by atoms with Crippen LogP contribution < -0.4 is 4.90 Å². The molecule has 8 aromatic rings. The van der Waals surface area contributed by atoms with E-state index in [0.29, 0.717) is 5.92 Å². The Balaban J connectivity index is 0.931. The number of hydrogen-bond acceptors (Lipinski definition) is 1. The zero-order chi connectivity index (χ0) is 42.4. The fourth-order valence-corrected chi connectivity index (χ4v) is 11.9. The Morgan fingerprint density at radius 3 is 2.05 bits per heavy atom. The van der Waals surface area contributed by atoms with Crippen LogP contribution in [0, 0.1) is 5.92 Å². The smallest absolute Gasteiger partial charge is 0.0722 e. The number of para-hydroxylation sites is 1. The van der Waals surface area contributed by atoms with Crippen molar-refractivity contribution in [1.82, 2.24) is 4.57 Å². The average molecular weight is 821 g/mol. The first kappa shape index (κ1) is 37.2. The Labute approximate surface area is 376 Å². The summed E-state index contributed by atoms with van der Waals surface area (Å²) < 4.78 is 2.45. The number of hydrogen-bond donors (Lipinski definition) is 0. The zero-order valence-electron chi connectivity index (χ0n) is 36.1. The van der Waals surface area contributed by atoms with Crippen molar-refractivity contribution < 1.29 is 0 Å². The number of aryl methyl sites for hydroxylation is 1. The van der Waals surface area contributed by atoms with Gasteiger partial charge in [-0.2, -0.15) is 0 Å². The van der Waals surface area contributed by atoms with Crippen molar-refractivity contribution in [3.63, 3.8) is 0 Å². The molecule has 0 radical (unpaired) electrons. The van der Waals surface area contributed by atoms with E-state index in [1.165, 1.54) is 100 Å². The monoisotopic (exact) mass is 820 g/mol. The van der Waals surface area contributed by atoms with Crippen LogP contribution >= 0.6 is 0 Å². The SMILES string of the molecule is CC1C=CC2=C(C1)c1ccc(N(C3=CCC(c4ccc5c(c4)c4c(n5-c5ccccc5)C=CCC4)C=C3)c3ccc(-c4ccccc4)cc3)cc1C21c2ccccc2-c2ccccc21. The molecule has 0 saturated carbocycles. The molecule has 5 aliphatic carbocycles. The van der Waals surface area contributed by atoms with E-state index in [1.807, 2.05) is 0 Å². The second-order valence-corrected chi connectivity index (χ2v) is 18.3. The molecule has 1 spiro atoms. The van der Waals surface area contributed by atoms with E-state index in [2.05, 4.69) is 229 Å². The minimum absolute atomic E-state index is 0.282. The standard InChI is InChI=1S/C62H48N2/c1-41-24-36-58-54(38-41)52-35-34-49(40-59(52)62(58)56-21-11-8-18-50(56)51-19-9-12-22-57(51)62)63(47-30-25-43(26-31-47)42-14-4-2-5-15-42)48-32-27-44(28-33-48)45-29-37-61-55(39-45)53-20-10-13-23-60(53)64(61)46-16-6-3-7-17-46/h2-9,11-19,21-27,29-37,39-41,44H,10,20,28,38H2,1H3. The number of benzene rings is 7. The lowest BCUT2D eigenvalue weighted by Crippen LogP contribution is -2.27. The van der Waals surface area contributed by atoms with Crippen molar-refractivity contribution >= 4 is 33.9 Å². The summed E-state index contributed by atoms with van der Waals surface area (Å²) >= 11 is 0. The van der Waals surface area contributed by atoms with Gasteiger partial charge in [0.1, 0.15) is 0 Å². The maximum Gasteiger partial charge on any atom is 0.0722 e. The van der Waals surface area contributed by atoms with E-state index in [0.717, 1.165) is 31.4 Å². The molecule has 2 unspecified atom stereocenters. The molecule has 0 fully saturated rings. The van der Waals surface area contributed by atoms with Gasteiger partial charge in [0, 0.05) is 39.8 Å². The third kappa shape index (κ3) is 5.51. The van der Waals surface area contributed by atoms with Gasteiger partial charge >= 0.3 is 0 Å². The predicted octanol–water partition coefficient (Wildman–Crippen LogP) is 15.7. The molecule has 2 nitrogen and oxygen atoms in total. The highest BCUT2D eigenvalue weighted by atomic mass is 15.1. The van der Waals surface area contributed by atoms with Crippen LogP contribution in [-0.2, 0) is 11.8 Å². The van der Waals surface area contributed by atoms with Crippen molar-refractivity contribution in [2.24, 2.45) is 5.92 Å². The van der Waals surface area contributed by atoms with Gasteiger partial charge in [0.15, 0.2) is 0 Å². The van der Waals surface area contributed by atoms with Crippen LogP contribution in [0.4, 0.5) is 11.4 Å². The Morgan fingerprint density at radius 2 is 1.30 bits per heavy atom. The van der Waals surface area contributed by atoms with Crippen LogP contribution in [0.3, 0.4) is 0 Å². The van der Waals surface area contributed by atoms with E-state index >= 15 is 0 Å². The Hall–Kier alpha value is -7.42. The highest BCUT2D eigenvalue weighted by Crippen LogP contribution is 2.64. The van der Waals surface area contributed by atoms with Crippen molar-refractivity contribution in [2.45, 2.75) is 43.9 Å². The molecule has 5 aliphatic rings. The van der Waals surface area contributed by atoms with Crippen LogP contribution in [0.5, 0.6) is 0 Å². The molecule has 7 aromatic carbocycles. The van der Waals surface area contributed by atoms with Crippen molar-refractivity contribution in [2.75, 3.05) is 4.90 Å². The van der Waals surface area contributed by atoms with E-state index < -0.39 is 0 Å². The minimum atomic E-state index is -0.373. The molecular formula is C62H48N2. The second kappa shape index (κ2) is 14.6. The van der Waals surface area contributed by atoms with E-state index in [1.54, 1.807) is 0 Å². The molecule has 0 N–H and O–H groups in total. The van der Waals surface area contributed by atoms with Gasteiger partial charge in [-0.1, -0.05) is 159 Å². The summed E-state index contributed by atoms with van der Waals surface area (Å²) in [6.07, 6.45) is 21.0. The van der Waals surface area contributed by atoms with Crippen LogP contribution in [0.1, 0.15) is 71.2 Å². The Morgan fingerprint density at radius 1 is 0.594 bits per heavy atom. The lowest BCUT2D eigenvalue weighted by molar-refractivity contribution is 0.725. The molecule has 0 aliphatic heterocycles. The van der Waals surface area contributed by atoms with Gasteiger partial charge in [-0.25, -0.2) is 0 Å². The van der Waals surface area contributed by atoms with Crippen LogP contribution in [-0.4, -0.2) is 4.57 Å². The highest BCUT2D eigenvalue weighted by Gasteiger charge is 2.52. The number of rotatable bonds is 6. The first-order valence-corrected chi connectivity index (χ1v) is 23.1. The number of aromatic nitrogens is 1. The van der Waals surface area contributed by atoms with Gasteiger partial charge in [0.25, 0.3) is 0 Å². The van der Waals surface area contributed by atoms with Gasteiger partial charge in [-0.15, -0.1) is 0 Å². The molecule has 2 atom stereocenters. The second-order valence-electron chi connectivity index (χ2n) is 18.3. The van der Waals surface area contributed by atoms with E-state index in [-0.39, 0.29) is 11.3 Å². The first-order chi connectivity index (χ1) is 31.6. The molecule has 1 heterocycles. The van der Waals surface area contributed by atoms with Crippen LogP contribution in [0.2, 0.25) is 0 Å². The lowest BCUT2D eigenvalue weighted by Gasteiger charge is -2.34. The molecule has 1 aromatic heterocycles. The van der Waals surface area contributed by atoms with Crippen molar-refractivity contribution in [1.29, 1.82) is 0 Å². The Bertz CT molecular complexity index is 3290. The van der Waals surface area contributed by atoms with Gasteiger partial charge in [0.2, 0.25) is 0 Å². The molecule has 0 bridgehead atoms. The number of anilines is 2. The summed E-state index contributed by atoms with van der Waals surface area (Å²) in [7, 11) is 0. The van der Waals surface area contributed by atoms with Crippen molar-refractivity contribution in [3.05, 3.63) is 257 Å². The van der Waals surface area contributed by atoms with E-state index in [4.69, 9.17) is 0 Å². The van der Waals surface area contributed by atoms with E-state index in [9.17, 15) is 0 Å².